The van der Waals surface area contributed by atoms with Gasteiger partial charge in [-0.2, -0.15) is 0 Å². The number of hydrogen-bond donors (Lipinski definition) is 1. The highest BCUT2D eigenvalue weighted by Gasteiger charge is 2.34. The van der Waals surface area contributed by atoms with E-state index in [0.717, 1.165) is 47.4 Å². The Morgan fingerprint density at radius 3 is 2.64 bits per heavy atom. The molecule has 1 atom stereocenters. The van der Waals surface area contributed by atoms with E-state index in [1.807, 2.05) is 56.1 Å². The minimum Gasteiger partial charge on any atom is -0.444 e. The number of nitrogens with one attached hydrogen (secondary N) is 1. The Balaban J connectivity index is 1.62. The van der Waals surface area contributed by atoms with Gasteiger partial charge < -0.3 is 14.6 Å². The molecule has 7 heteroatoms. The lowest BCUT2D eigenvalue weighted by Gasteiger charge is -2.42. The fourth-order valence-electron chi connectivity index (χ4n) is 4.97. The van der Waals surface area contributed by atoms with Gasteiger partial charge in [0.25, 0.3) is 0 Å². The van der Waals surface area contributed by atoms with Crippen LogP contribution in [0.5, 0.6) is 0 Å². The number of para-hydroxylation sites is 2. The van der Waals surface area contributed by atoms with E-state index in [1.54, 1.807) is 0 Å². The zero-order valence-corrected chi connectivity index (χ0v) is 22.3. The third kappa shape index (κ3) is 6.13. The number of ether oxygens (including phenoxy) is 1. The fourth-order valence-corrected chi connectivity index (χ4v) is 4.97. The number of hydrogen-bond acceptors (Lipinski definition) is 5. The van der Waals surface area contributed by atoms with Crippen LogP contribution in [0.2, 0.25) is 0 Å². The summed E-state index contributed by atoms with van der Waals surface area (Å²) in [6.45, 7) is 16.0. The van der Waals surface area contributed by atoms with E-state index >= 15 is 0 Å². The second-order valence-electron chi connectivity index (χ2n) is 10.8. The molecule has 1 saturated heterocycles. The maximum atomic E-state index is 12.7. The van der Waals surface area contributed by atoms with E-state index in [0.29, 0.717) is 19.6 Å². The molecule has 3 heterocycles. The van der Waals surface area contributed by atoms with Gasteiger partial charge in [-0.1, -0.05) is 24.3 Å². The van der Waals surface area contributed by atoms with E-state index < -0.39 is 5.60 Å². The monoisotopic (exact) mass is 489 g/mol. The quantitative estimate of drug-likeness (QED) is 0.406. The van der Waals surface area contributed by atoms with Crippen LogP contribution in [0, 0.1) is 13.8 Å². The molecule has 3 aromatic rings. The standard InChI is InChI=1S/C29H39N5O2/c1-7-10-26(27-31-23-11-8-9-12-24(23)32-27)34(19-25-21(3)17-20(2)18-30-25)22-13-15-33(16-14-22)28(35)36-29(4,5)6/h7-9,11-12,17-18,22,26H,1,10,13-16,19H2,2-6H3,(H,31,32). The molecular formula is C29H39N5O2. The van der Waals surface area contributed by atoms with Crippen molar-refractivity contribution in [1.82, 2.24) is 24.8 Å². The summed E-state index contributed by atoms with van der Waals surface area (Å²) in [6.07, 6.45) is 6.15. The number of piperidine rings is 1. The number of rotatable bonds is 7. The van der Waals surface area contributed by atoms with Gasteiger partial charge in [-0.15, -0.1) is 6.58 Å². The van der Waals surface area contributed by atoms with Crippen molar-refractivity contribution in [3.63, 3.8) is 0 Å². The number of aromatic amines is 1. The van der Waals surface area contributed by atoms with Crippen molar-refractivity contribution in [1.29, 1.82) is 0 Å². The zero-order valence-electron chi connectivity index (χ0n) is 22.3. The van der Waals surface area contributed by atoms with E-state index in [-0.39, 0.29) is 18.2 Å². The van der Waals surface area contributed by atoms with Crippen LogP contribution in [0.3, 0.4) is 0 Å². The van der Waals surface area contributed by atoms with Crippen LogP contribution in [0.15, 0.2) is 49.2 Å². The number of nitrogens with zero attached hydrogens (tertiary/aromatic N) is 4. The van der Waals surface area contributed by atoms with E-state index in [2.05, 4.69) is 42.4 Å². The van der Waals surface area contributed by atoms with E-state index in [1.165, 1.54) is 5.56 Å². The molecule has 7 nitrogen and oxygen atoms in total. The van der Waals surface area contributed by atoms with Gasteiger partial charge in [-0.3, -0.25) is 9.88 Å². The number of pyridine rings is 1. The molecule has 1 unspecified atom stereocenters. The maximum absolute atomic E-state index is 12.7. The number of amides is 1. The molecule has 0 spiro atoms. The first-order valence-electron chi connectivity index (χ1n) is 12.9. The summed E-state index contributed by atoms with van der Waals surface area (Å²) < 4.78 is 5.62. The Kier molecular flexibility index (Phi) is 7.79. The minimum absolute atomic E-state index is 0.0236. The molecule has 1 fully saturated rings. The van der Waals surface area contributed by atoms with Gasteiger partial charge in [0.1, 0.15) is 11.4 Å². The topological polar surface area (TPSA) is 74.4 Å². The number of benzene rings is 1. The van der Waals surface area contributed by atoms with Crippen molar-refractivity contribution in [2.45, 2.75) is 78.1 Å². The molecule has 36 heavy (non-hydrogen) atoms. The number of aryl methyl sites for hydroxylation is 2. The summed E-state index contributed by atoms with van der Waals surface area (Å²) in [5, 5.41) is 0. The van der Waals surface area contributed by atoms with Crippen molar-refractivity contribution in [2.24, 2.45) is 0 Å². The first-order valence-corrected chi connectivity index (χ1v) is 12.9. The fraction of sp³-hybridized carbons (Fsp3) is 0.483. The maximum Gasteiger partial charge on any atom is 0.410 e. The molecule has 1 aromatic carbocycles. The lowest BCUT2D eigenvalue weighted by Crippen LogP contribution is -2.48. The number of carbonyl (C=O) groups excluding carboxylic acids is 1. The van der Waals surface area contributed by atoms with E-state index in [9.17, 15) is 4.79 Å². The Morgan fingerprint density at radius 2 is 2.00 bits per heavy atom. The zero-order chi connectivity index (χ0) is 25.9. The van der Waals surface area contributed by atoms with E-state index in [4.69, 9.17) is 14.7 Å². The smallest absolute Gasteiger partial charge is 0.410 e. The SMILES string of the molecule is C=CCC(c1nc2ccccc2[nH]1)N(Cc1ncc(C)cc1C)C1CCN(C(=O)OC(C)(C)C)CC1. The summed E-state index contributed by atoms with van der Waals surface area (Å²) in [6, 6.07) is 10.6. The van der Waals surface area contributed by atoms with Crippen molar-refractivity contribution in [3.05, 3.63) is 71.8 Å². The average Bonchev–Trinajstić information content (AvgIpc) is 3.25. The molecule has 1 amide bonds. The third-order valence-corrected chi connectivity index (χ3v) is 6.75. The third-order valence-electron chi connectivity index (χ3n) is 6.75. The van der Waals surface area contributed by atoms with Gasteiger partial charge in [0.15, 0.2) is 0 Å². The normalized spacial score (nSPS) is 15.9. The summed E-state index contributed by atoms with van der Waals surface area (Å²) in [7, 11) is 0. The van der Waals surface area contributed by atoms with Crippen molar-refractivity contribution in [2.75, 3.05) is 13.1 Å². The highest BCUT2D eigenvalue weighted by molar-refractivity contribution is 5.74. The number of likely N-dealkylation sites (tertiary alicyclic amines) is 1. The Bertz CT molecular complexity index is 1170. The molecule has 1 N–H and O–H groups in total. The van der Waals surface area contributed by atoms with Gasteiger partial charge in [0, 0.05) is 31.9 Å². The van der Waals surface area contributed by atoms with Crippen molar-refractivity contribution in [3.8, 4) is 0 Å². The second kappa shape index (κ2) is 10.8. The predicted octanol–water partition coefficient (Wildman–Crippen LogP) is 6.09. The first kappa shape index (κ1) is 25.9. The molecule has 2 aromatic heterocycles. The van der Waals surface area contributed by atoms with Crippen LogP contribution in [0.4, 0.5) is 4.79 Å². The molecule has 0 radical (unpaired) electrons. The molecule has 0 aliphatic carbocycles. The van der Waals surface area contributed by atoms with Gasteiger partial charge in [-0.05, 0) is 77.1 Å². The summed E-state index contributed by atoms with van der Waals surface area (Å²) in [5.74, 6) is 0.940. The van der Waals surface area contributed by atoms with Crippen LogP contribution in [-0.4, -0.2) is 55.6 Å². The van der Waals surface area contributed by atoms with Gasteiger partial charge >= 0.3 is 6.09 Å². The Morgan fingerprint density at radius 1 is 1.28 bits per heavy atom. The van der Waals surface area contributed by atoms with Crippen LogP contribution < -0.4 is 0 Å². The predicted molar refractivity (Wildman–Crippen MR) is 144 cm³/mol. The second-order valence-corrected chi connectivity index (χ2v) is 10.8. The van der Waals surface area contributed by atoms with Crippen LogP contribution in [0.25, 0.3) is 11.0 Å². The van der Waals surface area contributed by atoms with Gasteiger partial charge in [0.05, 0.1) is 22.8 Å². The Hall–Kier alpha value is -3.19. The highest BCUT2D eigenvalue weighted by atomic mass is 16.6. The molecule has 192 valence electrons. The molecule has 1 aliphatic rings. The Labute approximate surface area is 214 Å². The lowest BCUT2D eigenvalue weighted by molar-refractivity contribution is 0.00885. The summed E-state index contributed by atoms with van der Waals surface area (Å²) in [5.41, 5.74) is 4.92. The lowest BCUT2D eigenvalue weighted by atomic mass is 9.98. The summed E-state index contributed by atoms with van der Waals surface area (Å²) >= 11 is 0. The molecule has 0 saturated carbocycles. The molecule has 4 rings (SSSR count). The van der Waals surface area contributed by atoms with Crippen molar-refractivity contribution < 1.29 is 9.53 Å². The van der Waals surface area contributed by atoms with Gasteiger partial charge in [-0.25, -0.2) is 9.78 Å². The molecule has 0 bridgehead atoms. The minimum atomic E-state index is -0.495. The summed E-state index contributed by atoms with van der Waals surface area (Å²) in [4.78, 5) is 30.3. The van der Waals surface area contributed by atoms with Gasteiger partial charge in [0.2, 0.25) is 0 Å². The number of H-pyrrole nitrogens is 1. The highest BCUT2D eigenvalue weighted by Crippen LogP contribution is 2.32. The number of fused-ring (bicyclic) bond motifs is 1. The number of aromatic nitrogens is 3. The molecular weight excluding hydrogens is 450 g/mol. The number of carbonyl (C=O) groups is 1. The number of imidazole rings is 1. The van der Waals surface area contributed by atoms with Crippen LogP contribution >= 0.6 is 0 Å². The van der Waals surface area contributed by atoms with Crippen molar-refractivity contribution >= 4 is 17.1 Å². The van der Waals surface area contributed by atoms with Crippen LogP contribution in [0.1, 0.15) is 68.7 Å². The molecule has 1 aliphatic heterocycles. The largest absolute Gasteiger partial charge is 0.444 e. The first-order chi connectivity index (χ1) is 17.1. The van der Waals surface area contributed by atoms with Crippen LogP contribution in [-0.2, 0) is 11.3 Å². The average molecular weight is 490 g/mol.